The number of benzene rings is 1. The van der Waals surface area contributed by atoms with Crippen LogP contribution in [0.4, 0.5) is 0 Å². The van der Waals surface area contributed by atoms with Crippen LogP contribution in [0.15, 0.2) is 23.2 Å². The van der Waals surface area contributed by atoms with Crippen LogP contribution in [0.3, 0.4) is 0 Å². The summed E-state index contributed by atoms with van der Waals surface area (Å²) in [6.45, 7) is 9.04. The van der Waals surface area contributed by atoms with Gasteiger partial charge in [-0.3, -0.25) is 4.79 Å². The van der Waals surface area contributed by atoms with Crippen molar-refractivity contribution in [2.24, 2.45) is 0 Å². The molecule has 5 heteroatoms. The molecule has 24 heavy (non-hydrogen) atoms. The Labute approximate surface area is 147 Å². The monoisotopic (exact) mass is 344 g/mol. The van der Waals surface area contributed by atoms with Crippen LogP contribution in [0.25, 0.3) is 10.9 Å². The number of carbonyl (C=O) groups is 1. The van der Waals surface area contributed by atoms with Gasteiger partial charge in [0.25, 0.3) is 0 Å². The van der Waals surface area contributed by atoms with E-state index in [-0.39, 0.29) is 5.91 Å². The highest BCUT2D eigenvalue weighted by atomic mass is 32.2. The second-order valence-electron chi connectivity index (χ2n) is 6.24. The largest absolute Gasteiger partial charge is 0.378 e. The van der Waals surface area contributed by atoms with E-state index in [2.05, 4.69) is 39.0 Å². The van der Waals surface area contributed by atoms with Crippen molar-refractivity contribution < 1.29 is 9.53 Å². The van der Waals surface area contributed by atoms with Gasteiger partial charge in [0.15, 0.2) is 0 Å². The van der Waals surface area contributed by atoms with E-state index in [0.29, 0.717) is 32.1 Å². The first-order valence-electron chi connectivity index (χ1n) is 8.47. The van der Waals surface area contributed by atoms with E-state index in [9.17, 15) is 4.79 Å². The number of fused-ring (bicyclic) bond motifs is 1. The third-order valence-corrected chi connectivity index (χ3v) is 5.42. The van der Waals surface area contributed by atoms with Gasteiger partial charge in [0.1, 0.15) is 5.03 Å². The Morgan fingerprint density at radius 3 is 2.71 bits per heavy atom. The molecule has 1 saturated heterocycles. The SMILES string of the molecule is CCc1cc2c(C)cc(C)cc2nc1SCC(=O)N1CCOCC1. The zero-order valence-corrected chi connectivity index (χ0v) is 15.4. The molecule has 3 rings (SSSR count). The van der Waals surface area contributed by atoms with Crippen LogP contribution in [0.1, 0.15) is 23.6 Å². The molecule has 4 nitrogen and oxygen atoms in total. The van der Waals surface area contributed by atoms with Gasteiger partial charge in [0, 0.05) is 18.5 Å². The lowest BCUT2D eigenvalue weighted by Crippen LogP contribution is -2.41. The molecule has 0 unspecified atom stereocenters. The summed E-state index contributed by atoms with van der Waals surface area (Å²) in [6, 6.07) is 6.55. The number of pyridine rings is 1. The van der Waals surface area contributed by atoms with Crippen LogP contribution in [0.5, 0.6) is 0 Å². The number of carbonyl (C=O) groups excluding carboxylic acids is 1. The molecule has 128 valence electrons. The Kier molecular flexibility index (Phi) is 5.41. The van der Waals surface area contributed by atoms with Crippen LogP contribution in [0, 0.1) is 13.8 Å². The Morgan fingerprint density at radius 2 is 2.00 bits per heavy atom. The lowest BCUT2D eigenvalue weighted by Gasteiger charge is -2.26. The first-order chi connectivity index (χ1) is 11.6. The average molecular weight is 344 g/mol. The minimum absolute atomic E-state index is 0.174. The third-order valence-electron chi connectivity index (χ3n) is 4.40. The Bertz CT molecular complexity index is 755. The predicted octanol–water partition coefficient (Wildman–Crippen LogP) is 3.36. The fourth-order valence-corrected chi connectivity index (χ4v) is 4.06. The van der Waals surface area contributed by atoms with Crippen molar-refractivity contribution in [3.8, 4) is 0 Å². The van der Waals surface area contributed by atoms with Gasteiger partial charge in [-0.05, 0) is 49.1 Å². The predicted molar refractivity (Wildman–Crippen MR) is 98.7 cm³/mol. The Hall–Kier alpha value is -1.59. The summed E-state index contributed by atoms with van der Waals surface area (Å²) in [5.74, 6) is 0.615. The lowest BCUT2D eigenvalue weighted by atomic mass is 10.0. The number of hydrogen-bond donors (Lipinski definition) is 0. The fraction of sp³-hybridized carbons (Fsp3) is 0.474. The first-order valence-corrected chi connectivity index (χ1v) is 9.46. The number of nitrogens with zero attached hydrogens (tertiary/aromatic N) is 2. The minimum atomic E-state index is 0.174. The van der Waals surface area contributed by atoms with Crippen LogP contribution >= 0.6 is 11.8 Å². The fourth-order valence-electron chi connectivity index (χ4n) is 3.07. The first kappa shape index (κ1) is 17.2. The van der Waals surface area contributed by atoms with Crippen molar-refractivity contribution in [3.05, 3.63) is 34.9 Å². The van der Waals surface area contributed by atoms with Gasteiger partial charge in [-0.15, -0.1) is 0 Å². The van der Waals surface area contributed by atoms with Crippen LogP contribution in [0.2, 0.25) is 0 Å². The third kappa shape index (κ3) is 3.73. The van der Waals surface area contributed by atoms with E-state index in [0.717, 1.165) is 17.0 Å². The molecule has 1 amide bonds. The van der Waals surface area contributed by atoms with Crippen molar-refractivity contribution >= 4 is 28.6 Å². The van der Waals surface area contributed by atoms with E-state index in [1.165, 1.54) is 22.1 Å². The number of rotatable bonds is 4. The summed E-state index contributed by atoms with van der Waals surface area (Å²) in [7, 11) is 0. The lowest BCUT2D eigenvalue weighted by molar-refractivity contribution is -0.132. The summed E-state index contributed by atoms with van der Waals surface area (Å²) in [5, 5.41) is 2.19. The molecule has 0 atom stereocenters. The number of aromatic nitrogens is 1. The van der Waals surface area contributed by atoms with E-state index in [1.807, 2.05) is 4.90 Å². The van der Waals surface area contributed by atoms with E-state index < -0.39 is 0 Å². The van der Waals surface area contributed by atoms with Crippen molar-refractivity contribution in [3.63, 3.8) is 0 Å². The van der Waals surface area contributed by atoms with Crippen LogP contribution in [-0.2, 0) is 16.0 Å². The van der Waals surface area contributed by atoms with Crippen LogP contribution < -0.4 is 0 Å². The van der Waals surface area contributed by atoms with E-state index in [4.69, 9.17) is 9.72 Å². The highest BCUT2D eigenvalue weighted by molar-refractivity contribution is 7.99. The summed E-state index contributed by atoms with van der Waals surface area (Å²) in [4.78, 5) is 19.1. The van der Waals surface area contributed by atoms with Gasteiger partial charge in [-0.1, -0.05) is 24.8 Å². The van der Waals surface area contributed by atoms with Crippen molar-refractivity contribution in [1.82, 2.24) is 9.88 Å². The zero-order valence-electron chi connectivity index (χ0n) is 14.6. The van der Waals surface area contributed by atoms with Gasteiger partial charge in [-0.25, -0.2) is 4.98 Å². The minimum Gasteiger partial charge on any atom is -0.378 e. The molecule has 0 aliphatic carbocycles. The molecule has 1 aromatic carbocycles. The van der Waals surface area contributed by atoms with Crippen molar-refractivity contribution in [2.75, 3.05) is 32.1 Å². The quantitative estimate of drug-likeness (QED) is 0.798. The molecule has 0 spiro atoms. The molecule has 1 aromatic heterocycles. The number of amides is 1. The van der Waals surface area contributed by atoms with Gasteiger partial charge in [0.2, 0.25) is 5.91 Å². The van der Waals surface area contributed by atoms with Crippen molar-refractivity contribution in [2.45, 2.75) is 32.2 Å². The Balaban J connectivity index is 1.81. The smallest absolute Gasteiger partial charge is 0.233 e. The molecule has 0 saturated carbocycles. The molecule has 1 fully saturated rings. The molecule has 0 N–H and O–H groups in total. The number of hydrogen-bond acceptors (Lipinski definition) is 4. The molecule has 2 aromatic rings. The highest BCUT2D eigenvalue weighted by Gasteiger charge is 2.18. The molecule has 0 bridgehead atoms. The van der Waals surface area contributed by atoms with Gasteiger partial charge in [0.05, 0.1) is 24.5 Å². The summed E-state index contributed by atoms with van der Waals surface area (Å²) < 4.78 is 5.31. The molecule has 1 aliphatic rings. The second-order valence-corrected chi connectivity index (χ2v) is 7.20. The molecule has 1 aliphatic heterocycles. The van der Waals surface area contributed by atoms with Gasteiger partial charge < -0.3 is 9.64 Å². The topological polar surface area (TPSA) is 42.4 Å². The summed E-state index contributed by atoms with van der Waals surface area (Å²) in [6.07, 6.45) is 0.921. The van der Waals surface area contributed by atoms with E-state index in [1.54, 1.807) is 11.8 Å². The van der Waals surface area contributed by atoms with Gasteiger partial charge >= 0.3 is 0 Å². The average Bonchev–Trinajstić information content (AvgIpc) is 2.59. The maximum absolute atomic E-state index is 12.4. The van der Waals surface area contributed by atoms with Gasteiger partial charge in [-0.2, -0.15) is 0 Å². The second kappa shape index (κ2) is 7.53. The normalized spacial score (nSPS) is 15.0. The van der Waals surface area contributed by atoms with Crippen LogP contribution in [-0.4, -0.2) is 47.8 Å². The van der Waals surface area contributed by atoms with Crippen molar-refractivity contribution in [1.29, 1.82) is 0 Å². The Morgan fingerprint density at radius 1 is 1.25 bits per heavy atom. The number of morpholine rings is 1. The highest BCUT2D eigenvalue weighted by Crippen LogP contribution is 2.28. The molecular weight excluding hydrogens is 320 g/mol. The summed E-state index contributed by atoms with van der Waals surface area (Å²) in [5.41, 5.74) is 4.71. The summed E-state index contributed by atoms with van der Waals surface area (Å²) >= 11 is 1.56. The maximum atomic E-state index is 12.4. The molecular formula is C19H24N2O2S. The molecule has 2 heterocycles. The number of thioether (sulfide) groups is 1. The number of ether oxygens (including phenoxy) is 1. The molecule has 0 radical (unpaired) electrons. The maximum Gasteiger partial charge on any atom is 0.233 e. The number of aryl methyl sites for hydroxylation is 3. The standard InChI is InChI=1S/C19H24N2O2S/c1-4-15-11-16-14(3)9-13(2)10-17(16)20-19(15)24-12-18(22)21-5-7-23-8-6-21/h9-11H,4-8,12H2,1-3H3. The van der Waals surface area contributed by atoms with E-state index >= 15 is 0 Å². The zero-order chi connectivity index (χ0) is 17.1.